The number of fused-ring (bicyclic) bond motifs is 6. The van der Waals surface area contributed by atoms with Gasteiger partial charge in [0.15, 0.2) is 0 Å². The molecule has 6 fully saturated rings. The Hall–Kier alpha value is -6.45. The molecule has 21 heteroatoms. The maximum Gasteiger partial charge on any atom is 0.228 e. The summed E-state index contributed by atoms with van der Waals surface area (Å²) in [6.45, 7) is 23.9. The zero-order valence-electron chi connectivity index (χ0n) is 49.5. The first-order valence-corrected chi connectivity index (χ1v) is 30.3. The lowest BCUT2D eigenvalue weighted by molar-refractivity contribution is -0.121. The van der Waals surface area contributed by atoms with E-state index in [-0.39, 0.29) is 60.3 Å². The van der Waals surface area contributed by atoms with Crippen LogP contribution in [0.15, 0.2) is 48.8 Å². The Kier molecular flexibility index (Phi) is 16.2. The van der Waals surface area contributed by atoms with E-state index in [2.05, 4.69) is 64.8 Å². The third-order valence-electron chi connectivity index (χ3n) is 18.7. The summed E-state index contributed by atoms with van der Waals surface area (Å²) in [5, 5.41) is 4.07. The molecule has 1 N–H and O–H groups in total. The highest BCUT2D eigenvalue weighted by molar-refractivity contribution is 6.36. The van der Waals surface area contributed by atoms with Crippen LogP contribution in [0.4, 0.5) is 57.6 Å². The number of pyridine rings is 4. The molecule has 4 aromatic heterocycles. The minimum absolute atomic E-state index is 0.0221. The molecule has 0 aliphatic carbocycles. The fourth-order valence-corrected chi connectivity index (χ4v) is 14.0. The van der Waals surface area contributed by atoms with E-state index in [0.29, 0.717) is 87.4 Å². The Labute approximate surface area is 498 Å². The van der Waals surface area contributed by atoms with E-state index >= 15 is 4.39 Å². The molecule has 0 bridgehead atoms. The van der Waals surface area contributed by atoms with E-state index in [0.717, 1.165) is 133 Å². The first-order chi connectivity index (χ1) is 40.7. The zero-order chi connectivity index (χ0) is 59.6. The second-order valence-corrected chi connectivity index (χ2v) is 26.1. The van der Waals surface area contributed by atoms with Gasteiger partial charge in [-0.3, -0.25) is 29.4 Å². The number of amides is 2. The van der Waals surface area contributed by atoms with E-state index in [1.165, 1.54) is 23.1 Å². The third-order valence-corrected chi connectivity index (χ3v) is 19.1. The Morgan fingerprint density at radius 2 is 1.01 bits per heavy atom. The average molecular weight is 1190 g/mol. The van der Waals surface area contributed by atoms with Crippen LogP contribution >= 0.6 is 11.6 Å². The van der Waals surface area contributed by atoms with Crippen molar-refractivity contribution in [1.82, 2.24) is 19.9 Å². The van der Waals surface area contributed by atoms with Crippen molar-refractivity contribution in [3.05, 3.63) is 99.6 Å². The molecular formula is C64H75ClF4N10O6. The van der Waals surface area contributed by atoms with Crippen molar-refractivity contribution in [2.24, 2.45) is 10.8 Å². The number of ether oxygens (including phenoxy) is 4. The van der Waals surface area contributed by atoms with Gasteiger partial charge in [-0.2, -0.15) is 0 Å². The fourth-order valence-electron chi connectivity index (χ4n) is 13.7. The standard InChI is InChI=1S/C32H37F2N5O3.C17H17ClF2N2O.C15H21N3O2/c1-20-28(27-23(34)14-21(33)15-24(27)36-30(20)39-18-31(2,3)5-4-26(39)40)38-19-32(6-10-41-11-7-32)29-25(38)16-22(17-35-29)37-8-12-42-13-9-37;1-9-15(18)14-11(20)6-10(19)7-12(14)21-16(9)22-8-17(2,3)5-4-13(22)23;1-5-19-6-2-15(1)11-17-13-9-12(10-16-14(13)15)18-3-7-20-8-4-18/h14-17H,4-13,18-19H2,1-3H3;6-7H,4-5,8H2,1-3H3;9-10,17H,1-8,11H2. The number of anilines is 7. The van der Waals surface area contributed by atoms with E-state index in [1.54, 1.807) is 16.7 Å². The SMILES string of the molecule is Cc1c(N2CC(C)(C)CCC2=O)nc2cc(F)cc(F)c2c1Cl.Cc1c(N2CC(C)(C)CCC2=O)nc2cc(F)cc(F)c2c1N1CC2(CCOCC2)c2ncc(N3CCOCC3)cc21.c1nc2c(cc1N1CCOCC1)NCC21CCOCC1. The van der Waals surface area contributed by atoms with Gasteiger partial charge < -0.3 is 39.0 Å². The molecule has 2 amide bonds. The van der Waals surface area contributed by atoms with Gasteiger partial charge in [0.25, 0.3) is 0 Å². The number of carbonyl (C=O) groups is 2. The van der Waals surface area contributed by atoms with E-state index < -0.39 is 23.3 Å². The molecule has 8 aliphatic heterocycles. The number of nitrogens with zero attached hydrogens (tertiary/aromatic N) is 9. The maximum absolute atomic E-state index is 15.8. The van der Waals surface area contributed by atoms with Crippen molar-refractivity contribution < 1.29 is 46.1 Å². The Bertz CT molecular complexity index is 3570. The number of hydrogen-bond donors (Lipinski definition) is 1. The topological polar surface area (TPSA) is 151 Å². The fraction of sp³-hybridized carbons (Fsp3) is 0.531. The summed E-state index contributed by atoms with van der Waals surface area (Å²) in [6.07, 6.45) is 10.1. The molecule has 16 nitrogen and oxygen atoms in total. The molecule has 8 aliphatic rings. The molecule has 452 valence electrons. The van der Waals surface area contributed by atoms with Gasteiger partial charge >= 0.3 is 0 Å². The van der Waals surface area contributed by atoms with Crippen LogP contribution in [0, 0.1) is 47.9 Å². The largest absolute Gasteiger partial charge is 0.383 e. The first-order valence-electron chi connectivity index (χ1n) is 29.9. The van der Waals surface area contributed by atoms with Gasteiger partial charge in [0, 0.05) is 138 Å². The van der Waals surface area contributed by atoms with Crippen LogP contribution in [-0.2, 0) is 39.4 Å². The minimum atomic E-state index is -0.752. The van der Waals surface area contributed by atoms with Crippen molar-refractivity contribution in [2.45, 2.75) is 104 Å². The highest BCUT2D eigenvalue weighted by atomic mass is 35.5. The van der Waals surface area contributed by atoms with Crippen molar-refractivity contribution in [1.29, 1.82) is 0 Å². The Morgan fingerprint density at radius 1 is 0.541 bits per heavy atom. The van der Waals surface area contributed by atoms with Crippen molar-refractivity contribution in [3.8, 4) is 0 Å². The van der Waals surface area contributed by atoms with Gasteiger partial charge in [0.1, 0.15) is 34.9 Å². The molecule has 0 atom stereocenters. The number of nitrogens with one attached hydrogen (secondary N) is 1. The van der Waals surface area contributed by atoms with Gasteiger partial charge in [-0.1, -0.05) is 39.3 Å². The van der Waals surface area contributed by atoms with Gasteiger partial charge in [-0.05, 0) is 75.3 Å². The normalized spacial score (nSPS) is 21.4. The summed E-state index contributed by atoms with van der Waals surface area (Å²) >= 11 is 6.29. The molecule has 2 aromatic carbocycles. The molecule has 2 spiro atoms. The van der Waals surface area contributed by atoms with Crippen molar-refractivity contribution in [2.75, 3.05) is 135 Å². The Balaban J connectivity index is 0.000000138. The number of morpholine rings is 2. The predicted molar refractivity (Wildman–Crippen MR) is 322 cm³/mol. The van der Waals surface area contributed by atoms with Crippen LogP contribution < -0.4 is 29.8 Å². The number of hydrogen-bond acceptors (Lipinski definition) is 14. The molecule has 6 saturated heterocycles. The van der Waals surface area contributed by atoms with Crippen LogP contribution in [0.5, 0.6) is 0 Å². The monoisotopic (exact) mass is 1190 g/mol. The Morgan fingerprint density at radius 3 is 1.56 bits per heavy atom. The van der Waals surface area contributed by atoms with E-state index in [9.17, 15) is 22.8 Å². The molecule has 14 rings (SSSR count). The lowest BCUT2D eigenvalue weighted by Crippen LogP contribution is -2.45. The number of aromatic nitrogens is 4. The van der Waals surface area contributed by atoms with Gasteiger partial charge in [0.2, 0.25) is 11.8 Å². The van der Waals surface area contributed by atoms with Crippen LogP contribution in [0.2, 0.25) is 5.02 Å². The summed E-state index contributed by atoms with van der Waals surface area (Å²) in [5.41, 5.74) is 8.51. The van der Waals surface area contributed by atoms with Crippen molar-refractivity contribution in [3.63, 3.8) is 0 Å². The van der Waals surface area contributed by atoms with E-state index in [4.69, 9.17) is 45.5 Å². The number of piperidine rings is 2. The van der Waals surface area contributed by atoms with Crippen LogP contribution in [-0.4, -0.2) is 137 Å². The summed E-state index contributed by atoms with van der Waals surface area (Å²) in [6, 6.07) is 8.52. The predicted octanol–water partition coefficient (Wildman–Crippen LogP) is 11.4. The third kappa shape index (κ3) is 11.5. The highest BCUT2D eigenvalue weighted by Gasteiger charge is 2.48. The van der Waals surface area contributed by atoms with Crippen LogP contribution in [0.1, 0.15) is 102 Å². The zero-order valence-corrected chi connectivity index (χ0v) is 50.2. The molecule has 6 aromatic rings. The maximum atomic E-state index is 15.8. The minimum Gasteiger partial charge on any atom is -0.383 e. The molecule has 85 heavy (non-hydrogen) atoms. The summed E-state index contributed by atoms with van der Waals surface area (Å²) < 4.78 is 80.3. The lowest BCUT2D eigenvalue weighted by atomic mass is 9.78. The number of carbonyl (C=O) groups excluding carboxylic acids is 2. The smallest absolute Gasteiger partial charge is 0.228 e. The number of benzene rings is 2. The van der Waals surface area contributed by atoms with Gasteiger partial charge in [-0.15, -0.1) is 0 Å². The molecule has 12 heterocycles. The quantitative estimate of drug-likeness (QED) is 0.163. The second-order valence-electron chi connectivity index (χ2n) is 25.7. The molecule has 0 unspecified atom stereocenters. The molecule has 0 saturated carbocycles. The van der Waals surface area contributed by atoms with E-state index in [1.807, 2.05) is 19.3 Å². The van der Waals surface area contributed by atoms with Crippen LogP contribution in [0.25, 0.3) is 21.8 Å². The number of rotatable bonds is 5. The second kappa shape index (κ2) is 23.3. The average Bonchev–Trinajstić information content (AvgIpc) is 1.79. The highest BCUT2D eigenvalue weighted by Crippen LogP contribution is 2.53. The number of halogens is 5. The summed E-state index contributed by atoms with van der Waals surface area (Å²) in [7, 11) is 0. The van der Waals surface area contributed by atoms with Crippen molar-refractivity contribution >= 4 is 85.3 Å². The van der Waals surface area contributed by atoms with Gasteiger partial charge in [0.05, 0.1) is 105 Å². The summed E-state index contributed by atoms with van der Waals surface area (Å²) in [5.74, 6) is -2.07. The molecular weight excluding hydrogens is 1120 g/mol. The lowest BCUT2D eigenvalue weighted by Gasteiger charge is -2.39. The first kappa shape index (κ1) is 58.9. The molecule has 0 radical (unpaired) electrons. The summed E-state index contributed by atoms with van der Waals surface area (Å²) in [4.78, 5) is 54.6. The van der Waals surface area contributed by atoms with Crippen LogP contribution in [0.3, 0.4) is 0 Å². The van der Waals surface area contributed by atoms with Gasteiger partial charge in [-0.25, -0.2) is 27.5 Å².